The number of hydrogen-bond donors (Lipinski definition) is 2. The van der Waals surface area contributed by atoms with Crippen molar-refractivity contribution in [3.63, 3.8) is 0 Å². The zero-order valence-corrected chi connectivity index (χ0v) is 16.0. The topological polar surface area (TPSA) is 62.0 Å². The van der Waals surface area contributed by atoms with Gasteiger partial charge in [0.15, 0.2) is 0 Å². The molecule has 0 aliphatic rings. The van der Waals surface area contributed by atoms with E-state index in [1.807, 2.05) is 39.0 Å². The summed E-state index contributed by atoms with van der Waals surface area (Å²) >= 11 is 5.83. The highest BCUT2D eigenvalue weighted by molar-refractivity contribution is 7.89. The lowest BCUT2D eigenvalue weighted by Crippen LogP contribution is -2.37. The van der Waals surface area contributed by atoms with Crippen LogP contribution in [0, 0.1) is 6.92 Å². The molecule has 0 bridgehead atoms. The predicted octanol–water partition coefficient (Wildman–Crippen LogP) is 4.39. The number of H-pyrrole nitrogens is 1. The predicted molar refractivity (Wildman–Crippen MR) is 103 cm³/mol. The molecule has 6 heteroatoms. The van der Waals surface area contributed by atoms with Gasteiger partial charge in [0.05, 0.1) is 4.90 Å². The summed E-state index contributed by atoms with van der Waals surface area (Å²) in [6, 6.07) is 14.2. The molecule has 0 amide bonds. The first-order valence-electron chi connectivity index (χ1n) is 8.04. The largest absolute Gasteiger partial charge is 0.358 e. The Morgan fingerprint density at radius 3 is 2.40 bits per heavy atom. The molecule has 4 nitrogen and oxygen atoms in total. The zero-order chi connectivity index (χ0) is 18.2. The minimum Gasteiger partial charge on any atom is -0.358 e. The van der Waals surface area contributed by atoms with Crippen LogP contribution in [0.2, 0.25) is 5.02 Å². The molecule has 3 rings (SSSR count). The van der Waals surface area contributed by atoms with Gasteiger partial charge in [0.25, 0.3) is 0 Å². The van der Waals surface area contributed by atoms with Crippen molar-refractivity contribution in [3.05, 3.63) is 64.8 Å². The van der Waals surface area contributed by atoms with E-state index in [0.29, 0.717) is 11.6 Å². The van der Waals surface area contributed by atoms with Gasteiger partial charge in [-0.05, 0) is 42.8 Å². The van der Waals surface area contributed by atoms with Gasteiger partial charge in [-0.2, -0.15) is 0 Å². The number of sulfonamides is 1. The Morgan fingerprint density at radius 1 is 1.08 bits per heavy atom. The summed E-state index contributed by atoms with van der Waals surface area (Å²) in [5.41, 5.74) is 2.87. The average molecular weight is 377 g/mol. The number of halogens is 1. The lowest BCUT2D eigenvalue weighted by atomic mass is 9.83. The molecule has 0 aliphatic heterocycles. The number of nitrogens with one attached hydrogen (secondary N) is 2. The second-order valence-corrected chi connectivity index (χ2v) is 9.04. The Bertz CT molecular complexity index is 1010. The third kappa shape index (κ3) is 3.59. The van der Waals surface area contributed by atoms with E-state index in [9.17, 15) is 8.42 Å². The highest BCUT2D eigenvalue weighted by Crippen LogP contribution is 2.33. The Kier molecular flexibility index (Phi) is 4.66. The number of benzene rings is 2. The van der Waals surface area contributed by atoms with Crippen LogP contribution in [0.5, 0.6) is 0 Å². The van der Waals surface area contributed by atoms with Gasteiger partial charge in [0.2, 0.25) is 10.0 Å². The van der Waals surface area contributed by atoms with Gasteiger partial charge < -0.3 is 4.98 Å². The van der Waals surface area contributed by atoms with E-state index in [0.717, 1.165) is 22.2 Å². The van der Waals surface area contributed by atoms with Gasteiger partial charge in [0.1, 0.15) is 0 Å². The number of hydrogen-bond acceptors (Lipinski definition) is 2. The van der Waals surface area contributed by atoms with Gasteiger partial charge >= 0.3 is 0 Å². The van der Waals surface area contributed by atoms with Crippen molar-refractivity contribution in [1.82, 2.24) is 9.71 Å². The standard InChI is InChI=1S/C19H21ClN2O2S/c1-13-18(16-6-4-5-7-17(16)22-13)19(2,3)12-21-25(23,24)15-10-8-14(20)9-11-15/h4-11,21-22H,12H2,1-3H3. The molecule has 1 aromatic heterocycles. The summed E-state index contributed by atoms with van der Waals surface area (Å²) in [6.45, 7) is 6.39. The molecule has 0 atom stereocenters. The number of fused-ring (bicyclic) bond motifs is 1. The number of aryl methyl sites for hydroxylation is 1. The van der Waals surface area contributed by atoms with E-state index in [2.05, 4.69) is 15.8 Å². The van der Waals surface area contributed by atoms with Crippen molar-refractivity contribution in [3.8, 4) is 0 Å². The fourth-order valence-corrected chi connectivity index (χ4v) is 4.55. The summed E-state index contributed by atoms with van der Waals surface area (Å²) in [5.74, 6) is 0. The first kappa shape index (κ1) is 18.0. The molecule has 0 radical (unpaired) electrons. The smallest absolute Gasteiger partial charge is 0.240 e. The highest BCUT2D eigenvalue weighted by atomic mass is 35.5. The van der Waals surface area contributed by atoms with Crippen LogP contribution in [0.25, 0.3) is 10.9 Å². The van der Waals surface area contributed by atoms with Crippen LogP contribution in [-0.4, -0.2) is 19.9 Å². The molecule has 0 saturated carbocycles. The quantitative estimate of drug-likeness (QED) is 0.693. The Hall–Kier alpha value is -1.82. The van der Waals surface area contributed by atoms with E-state index in [1.165, 1.54) is 12.1 Å². The van der Waals surface area contributed by atoms with Crippen LogP contribution < -0.4 is 4.72 Å². The molecule has 0 fully saturated rings. The van der Waals surface area contributed by atoms with Crippen LogP contribution in [0.15, 0.2) is 53.4 Å². The van der Waals surface area contributed by atoms with Crippen molar-refractivity contribution in [1.29, 1.82) is 0 Å². The molecule has 0 spiro atoms. The number of para-hydroxylation sites is 1. The normalized spacial score (nSPS) is 12.6. The Morgan fingerprint density at radius 2 is 1.72 bits per heavy atom. The second-order valence-electron chi connectivity index (χ2n) is 6.83. The summed E-state index contributed by atoms with van der Waals surface area (Å²) in [7, 11) is -3.59. The zero-order valence-electron chi connectivity index (χ0n) is 14.4. The molecule has 0 unspecified atom stereocenters. The van der Waals surface area contributed by atoms with Crippen LogP contribution in [0.3, 0.4) is 0 Å². The van der Waals surface area contributed by atoms with Crippen LogP contribution in [-0.2, 0) is 15.4 Å². The minimum atomic E-state index is -3.59. The molecule has 3 aromatic rings. The van der Waals surface area contributed by atoms with E-state index in [1.54, 1.807) is 12.1 Å². The van der Waals surface area contributed by atoms with Gasteiger partial charge in [-0.25, -0.2) is 13.1 Å². The number of rotatable bonds is 5. The SMILES string of the molecule is Cc1[nH]c2ccccc2c1C(C)(C)CNS(=O)(=O)c1ccc(Cl)cc1. The Balaban J connectivity index is 1.88. The lowest BCUT2D eigenvalue weighted by Gasteiger charge is -2.26. The van der Waals surface area contributed by atoms with Crippen molar-refractivity contribution < 1.29 is 8.42 Å². The first-order valence-corrected chi connectivity index (χ1v) is 9.90. The molecule has 25 heavy (non-hydrogen) atoms. The van der Waals surface area contributed by atoms with Gasteiger partial charge in [-0.3, -0.25) is 0 Å². The van der Waals surface area contributed by atoms with Crippen molar-refractivity contribution in [2.75, 3.05) is 6.54 Å². The first-order chi connectivity index (χ1) is 11.7. The fraction of sp³-hybridized carbons (Fsp3) is 0.263. The van der Waals surface area contributed by atoms with Gasteiger partial charge in [0, 0.05) is 33.6 Å². The minimum absolute atomic E-state index is 0.211. The number of aromatic amines is 1. The molecule has 0 aliphatic carbocycles. The third-order valence-electron chi connectivity index (χ3n) is 4.40. The van der Waals surface area contributed by atoms with E-state index >= 15 is 0 Å². The van der Waals surface area contributed by atoms with Crippen molar-refractivity contribution >= 4 is 32.5 Å². The maximum atomic E-state index is 12.5. The van der Waals surface area contributed by atoms with E-state index in [-0.39, 0.29) is 10.3 Å². The highest BCUT2D eigenvalue weighted by Gasteiger charge is 2.28. The fourth-order valence-electron chi connectivity index (χ4n) is 3.21. The van der Waals surface area contributed by atoms with Gasteiger partial charge in [-0.1, -0.05) is 43.6 Å². The molecule has 2 N–H and O–H groups in total. The average Bonchev–Trinajstić information content (AvgIpc) is 2.90. The second kappa shape index (κ2) is 6.48. The summed E-state index contributed by atoms with van der Waals surface area (Å²) in [4.78, 5) is 3.59. The molecular weight excluding hydrogens is 356 g/mol. The van der Waals surface area contributed by atoms with Crippen molar-refractivity contribution in [2.24, 2.45) is 0 Å². The maximum Gasteiger partial charge on any atom is 0.240 e. The summed E-state index contributed by atoms with van der Waals surface area (Å²) in [6.07, 6.45) is 0. The molecule has 132 valence electrons. The van der Waals surface area contributed by atoms with Crippen LogP contribution in [0.4, 0.5) is 0 Å². The summed E-state index contributed by atoms with van der Waals surface area (Å²) < 4.78 is 27.8. The molecule has 1 heterocycles. The van der Waals surface area contributed by atoms with Crippen LogP contribution in [0.1, 0.15) is 25.1 Å². The Labute approximate surface area is 153 Å². The monoisotopic (exact) mass is 376 g/mol. The molecule has 0 saturated heterocycles. The van der Waals surface area contributed by atoms with E-state index in [4.69, 9.17) is 11.6 Å². The maximum absolute atomic E-state index is 12.5. The summed E-state index contributed by atoms with van der Waals surface area (Å²) in [5, 5.41) is 1.63. The molecule has 2 aromatic carbocycles. The van der Waals surface area contributed by atoms with Crippen LogP contribution >= 0.6 is 11.6 Å². The van der Waals surface area contributed by atoms with Crippen molar-refractivity contribution in [2.45, 2.75) is 31.1 Å². The molecular formula is C19H21ClN2O2S. The third-order valence-corrected chi connectivity index (χ3v) is 6.07. The van der Waals surface area contributed by atoms with E-state index < -0.39 is 10.0 Å². The van der Waals surface area contributed by atoms with Gasteiger partial charge in [-0.15, -0.1) is 0 Å². The lowest BCUT2D eigenvalue weighted by molar-refractivity contribution is 0.502. The number of aromatic nitrogens is 1.